The molecule has 12 unspecified atom stereocenters. The summed E-state index contributed by atoms with van der Waals surface area (Å²) in [5, 5.41) is 86.7. The number of carbonyl (C=O) groups is 1. The van der Waals surface area contributed by atoms with Gasteiger partial charge in [0.1, 0.15) is 48.8 Å². The number of allylic oxidation sites excluding steroid dienone is 6. The molecule has 0 bridgehead atoms. The van der Waals surface area contributed by atoms with E-state index in [-0.39, 0.29) is 12.5 Å². The molecule has 2 fully saturated rings. The molecular formula is C63H117NO13. The molecule has 12 atom stereocenters. The van der Waals surface area contributed by atoms with Crippen molar-refractivity contribution in [1.82, 2.24) is 5.32 Å². The summed E-state index contributed by atoms with van der Waals surface area (Å²) in [5.74, 6) is -0.209. The molecule has 0 aliphatic carbocycles. The summed E-state index contributed by atoms with van der Waals surface area (Å²) in [7, 11) is 0. The second kappa shape index (κ2) is 48.9. The van der Waals surface area contributed by atoms with E-state index in [0.29, 0.717) is 12.8 Å². The van der Waals surface area contributed by atoms with Gasteiger partial charge in [-0.05, 0) is 51.4 Å². The van der Waals surface area contributed by atoms with Crippen molar-refractivity contribution in [3.8, 4) is 0 Å². The number of nitrogens with one attached hydrogen (secondary N) is 1. The SMILES string of the molecule is CCCCCCC/C=C\C/C=C\C/C=C\CCCCCCCCCCCCCCCCCCCCCCCCC(=O)NC(COC1OC(CO)C(OC2OC(CO)C(O)C(O)C2O)C(O)C1O)C(O)CCCCCCCC. The van der Waals surface area contributed by atoms with Crippen molar-refractivity contribution in [3.63, 3.8) is 0 Å². The number of amides is 1. The zero-order valence-corrected chi connectivity index (χ0v) is 48.7. The smallest absolute Gasteiger partial charge is 0.220 e. The maximum atomic E-state index is 13.2. The average molecular weight is 1100 g/mol. The zero-order chi connectivity index (χ0) is 56.0. The Hall–Kier alpha value is -1.79. The highest BCUT2D eigenvalue weighted by atomic mass is 16.7. The highest BCUT2D eigenvalue weighted by Gasteiger charge is 2.51. The van der Waals surface area contributed by atoms with E-state index in [0.717, 1.165) is 77.0 Å². The molecule has 0 radical (unpaired) electrons. The fraction of sp³-hybridized carbons (Fsp3) is 0.889. The molecule has 9 N–H and O–H groups in total. The van der Waals surface area contributed by atoms with Crippen LogP contribution in [0.2, 0.25) is 0 Å². The number of ether oxygens (including phenoxy) is 4. The van der Waals surface area contributed by atoms with E-state index in [1.54, 1.807) is 0 Å². The Morgan fingerprint density at radius 1 is 0.468 bits per heavy atom. The lowest BCUT2D eigenvalue weighted by atomic mass is 9.97. The largest absolute Gasteiger partial charge is 0.394 e. The van der Waals surface area contributed by atoms with Crippen LogP contribution >= 0.6 is 0 Å². The van der Waals surface area contributed by atoms with Crippen LogP contribution in [0.3, 0.4) is 0 Å². The van der Waals surface area contributed by atoms with Crippen molar-refractivity contribution in [2.45, 2.75) is 338 Å². The Kier molecular flexibility index (Phi) is 45.3. The fourth-order valence-corrected chi connectivity index (χ4v) is 10.5. The molecule has 14 heteroatoms. The lowest BCUT2D eigenvalue weighted by Gasteiger charge is -2.46. The third-order valence-corrected chi connectivity index (χ3v) is 15.6. The van der Waals surface area contributed by atoms with Gasteiger partial charge in [-0.2, -0.15) is 0 Å². The lowest BCUT2D eigenvalue weighted by molar-refractivity contribution is -0.359. The van der Waals surface area contributed by atoms with Crippen LogP contribution in [0.15, 0.2) is 36.5 Å². The predicted octanol–water partition coefficient (Wildman–Crippen LogP) is 11.4. The Morgan fingerprint density at radius 2 is 0.857 bits per heavy atom. The zero-order valence-electron chi connectivity index (χ0n) is 48.7. The fourth-order valence-electron chi connectivity index (χ4n) is 10.5. The van der Waals surface area contributed by atoms with E-state index in [1.807, 2.05) is 0 Å². The van der Waals surface area contributed by atoms with Crippen LogP contribution < -0.4 is 5.32 Å². The van der Waals surface area contributed by atoms with Gasteiger partial charge < -0.3 is 65.1 Å². The number of aliphatic hydroxyl groups excluding tert-OH is 8. The quantitative estimate of drug-likeness (QED) is 0.0204. The molecule has 0 aromatic rings. The van der Waals surface area contributed by atoms with Gasteiger partial charge in [-0.25, -0.2) is 0 Å². The van der Waals surface area contributed by atoms with Crippen LogP contribution in [-0.4, -0.2) is 140 Å². The van der Waals surface area contributed by atoms with E-state index in [4.69, 9.17) is 18.9 Å². The minimum Gasteiger partial charge on any atom is -0.394 e. The van der Waals surface area contributed by atoms with Crippen LogP contribution in [0.5, 0.6) is 0 Å². The Balaban J connectivity index is 1.50. The van der Waals surface area contributed by atoms with Crippen LogP contribution in [0.4, 0.5) is 0 Å². The molecular weight excluding hydrogens is 979 g/mol. The van der Waals surface area contributed by atoms with Crippen LogP contribution in [0, 0.1) is 0 Å². The first-order chi connectivity index (χ1) is 37.6. The Labute approximate surface area is 468 Å². The molecule has 14 nitrogen and oxygen atoms in total. The van der Waals surface area contributed by atoms with Gasteiger partial charge in [-0.15, -0.1) is 0 Å². The van der Waals surface area contributed by atoms with Gasteiger partial charge in [0.25, 0.3) is 0 Å². The van der Waals surface area contributed by atoms with E-state index in [1.165, 1.54) is 161 Å². The first-order valence-electron chi connectivity index (χ1n) is 31.7. The van der Waals surface area contributed by atoms with Crippen molar-refractivity contribution in [1.29, 1.82) is 0 Å². The second-order valence-corrected chi connectivity index (χ2v) is 22.5. The van der Waals surface area contributed by atoms with Gasteiger partial charge in [0.15, 0.2) is 12.6 Å². The lowest BCUT2D eigenvalue weighted by Crippen LogP contribution is -2.65. The maximum Gasteiger partial charge on any atom is 0.220 e. The molecule has 452 valence electrons. The molecule has 2 aliphatic heterocycles. The third kappa shape index (κ3) is 34.3. The van der Waals surface area contributed by atoms with E-state index in [2.05, 4.69) is 55.6 Å². The predicted molar refractivity (Wildman–Crippen MR) is 309 cm³/mol. The number of rotatable bonds is 51. The van der Waals surface area contributed by atoms with Crippen LogP contribution in [0.25, 0.3) is 0 Å². The summed E-state index contributed by atoms with van der Waals surface area (Å²) in [6.07, 6.45) is 43.8. The van der Waals surface area contributed by atoms with Crippen molar-refractivity contribution in [3.05, 3.63) is 36.5 Å². The van der Waals surface area contributed by atoms with Crippen LogP contribution in [0.1, 0.15) is 264 Å². The van der Waals surface area contributed by atoms with Gasteiger partial charge in [-0.3, -0.25) is 4.79 Å². The normalized spacial score (nSPS) is 24.9. The summed E-state index contributed by atoms with van der Waals surface area (Å²) >= 11 is 0. The van der Waals surface area contributed by atoms with E-state index >= 15 is 0 Å². The van der Waals surface area contributed by atoms with Crippen molar-refractivity contribution < 1.29 is 64.6 Å². The Bertz CT molecular complexity index is 1430. The minimum atomic E-state index is -1.78. The highest BCUT2D eigenvalue weighted by molar-refractivity contribution is 5.76. The van der Waals surface area contributed by atoms with Gasteiger partial charge in [-0.1, -0.05) is 243 Å². The van der Waals surface area contributed by atoms with Gasteiger partial charge in [0.2, 0.25) is 5.91 Å². The number of unbranched alkanes of at least 4 members (excludes halogenated alkanes) is 32. The molecule has 2 rings (SSSR count). The summed E-state index contributed by atoms with van der Waals surface area (Å²) < 4.78 is 22.7. The number of carbonyl (C=O) groups excluding carboxylic acids is 1. The van der Waals surface area contributed by atoms with E-state index in [9.17, 15) is 45.6 Å². The van der Waals surface area contributed by atoms with E-state index < -0.39 is 86.8 Å². The summed E-state index contributed by atoms with van der Waals surface area (Å²) in [6.45, 7) is 2.78. The summed E-state index contributed by atoms with van der Waals surface area (Å²) in [5.41, 5.74) is 0. The molecule has 2 aliphatic rings. The Morgan fingerprint density at radius 3 is 1.31 bits per heavy atom. The van der Waals surface area contributed by atoms with Crippen molar-refractivity contribution >= 4 is 5.91 Å². The standard InChI is InChI=1S/C63H117NO13/c1-3-5-7-9-11-12-13-14-15-16-17-18-19-20-21-22-23-24-25-26-27-28-29-30-31-32-33-34-35-36-37-38-39-40-41-43-45-47-55(68)64-51(52(67)46-44-42-10-8-6-4-2)50-74-62-60(73)58(71)61(54(49-66)76-62)77-63-59(72)57(70)56(69)53(48-65)75-63/h13-14,16-17,19-20,51-54,56-63,65-67,69-73H,3-12,15,18,21-50H2,1-2H3,(H,64,68)/b14-13-,17-16-,20-19-. The van der Waals surface area contributed by atoms with Crippen molar-refractivity contribution in [2.24, 2.45) is 0 Å². The molecule has 2 saturated heterocycles. The molecule has 0 aromatic heterocycles. The third-order valence-electron chi connectivity index (χ3n) is 15.6. The topological polar surface area (TPSA) is 228 Å². The first kappa shape index (κ1) is 71.3. The molecule has 2 heterocycles. The number of hydrogen-bond acceptors (Lipinski definition) is 13. The first-order valence-corrected chi connectivity index (χ1v) is 31.7. The van der Waals surface area contributed by atoms with Crippen LogP contribution in [-0.2, 0) is 23.7 Å². The highest BCUT2D eigenvalue weighted by Crippen LogP contribution is 2.30. The van der Waals surface area contributed by atoms with Gasteiger partial charge >= 0.3 is 0 Å². The average Bonchev–Trinajstić information content (AvgIpc) is 3.43. The second-order valence-electron chi connectivity index (χ2n) is 22.5. The summed E-state index contributed by atoms with van der Waals surface area (Å²) in [6, 6.07) is -0.823. The van der Waals surface area contributed by atoms with Gasteiger partial charge in [0.05, 0.1) is 32.0 Å². The maximum absolute atomic E-state index is 13.2. The molecule has 0 spiro atoms. The van der Waals surface area contributed by atoms with Crippen molar-refractivity contribution in [2.75, 3.05) is 19.8 Å². The molecule has 0 aromatic carbocycles. The molecule has 1 amide bonds. The van der Waals surface area contributed by atoms with Gasteiger partial charge in [0, 0.05) is 6.42 Å². The monoisotopic (exact) mass is 1100 g/mol. The number of hydrogen-bond donors (Lipinski definition) is 9. The number of aliphatic hydroxyl groups is 8. The summed E-state index contributed by atoms with van der Waals surface area (Å²) in [4.78, 5) is 13.2. The molecule has 0 saturated carbocycles. The minimum absolute atomic E-state index is 0.209. The molecule has 77 heavy (non-hydrogen) atoms.